The number of carbonyl (C=O) groups excluding carboxylic acids is 3. The second-order valence-corrected chi connectivity index (χ2v) is 8.96. The highest BCUT2D eigenvalue weighted by Gasteiger charge is 2.26. The summed E-state index contributed by atoms with van der Waals surface area (Å²) in [6, 6.07) is 17.1. The zero-order valence-corrected chi connectivity index (χ0v) is 19.5. The highest BCUT2D eigenvalue weighted by molar-refractivity contribution is 5.95. The van der Waals surface area contributed by atoms with Crippen LogP contribution in [0.5, 0.6) is 0 Å². The van der Waals surface area contributed by atoms with Gasteiger partial charge in [-0.05, 0) is 41.5 Å². The molecule has 35 heavy (non-hydrogen) atoms. The molecule has 1 unspecified atom stereocenters. The molecule has 2 aliphatic heterocycles. The molecule has 5 rings (SSSR count). The molecule has 8 nitrogen and oxygen atoms in total. The molecule has 3 heterocycles. The summed E-state index contributed by atoms with van der Waals surface area (Å²) < 4.78 is 0. The minimum atomic E-state index is -0.439. The lowest BCUT2D eigenvalue weighted by Gasteiger charge is -2.34. The van der Waals surface area contributed by atoms with Crippen molar-refractivity contribution in [2.45, 2.75) is 12.8 Å². The third-order valence-electron chi connectivity index (χ3n) is 6.84. The van der Waals surface area contributed by atoms with Crippen LogP contribution in [0.1, 0.15) is 44.7 Å². The zero-order chi connectivity index (χ0) is 24.5. The van der Waals surface area contributed by atoms with Crippen molar-refractivity contribution in [3.8, 4) is 11.1 Å². The first-order valence-electron chi connectivity index (χ1n) is 11.7. The average molecular weight is 470 g/mol. The highest BCUT2D eigenvalue weighted by Crippen LogP contribution is 2.37. The van der Waals surface area contributed by atoms with Crippen molar-refractivity contribution in [1.82, 2.24) is 14.8 Å². The molecule has 8 heteroatoms. The smallest absolute Gasteiger partial charge is 0.253 e. The van der Waals surface area contributed by atoms with E-state index >= 15 is 0 Å². The minimum Gasteiger partial charge on any atom is -0.369 e. The fourth-order valence-corrected chi connectivity index (χ4v) is 4.75. The Balaban J connectivity index is 1.32. The molecule has 1 saturated heterocycles. The molecule has 0 radical (unpaired) electrons. The van der Waals surface area contributed by atoms with Crippen molar-refractivity contribution in [2.24, 2.45) is 5.73 Å². The zero-order valence-electron chi connectivity index (χ0n) is 19.5. The molecule has 3 N–H and O–H groups in total. The van der Waals surface area contributed by atoms with Crippen LogP contribution in [0, 0.1) is 0 Å². The molecular weight excluding hydrogens is 442 g/mol. The van der Waals surface area contributed by atoms with Gasteiger partial charge in [0.2, 0.25) is 11.8 Å². The van der Waals surface area contributed by atoms with Gasteiger partial charge in [-0.25, -0.2) is 4.98 Å². The molecule has 178 valence electrons. The van der Waals surface area contributed by atoms with E-state index in [1.54, 1.807) is 28.9 Å². The number of amides is 3. The van der Waals surface area contributed by atoms with Crippen LogP contribution in [0.2, 0.25) is 0 Å². The first kappa shape index (κ1) is 22.6. The van der Waals surface area contributed by atoms with Gasteiger partial charge < -0.3 is 20.9 Å². The summed E-state index contributed by atoms with van der Waals surface area (Å²) in [5, 5.41) is 3.36. The number of pyridine rings is 1. The molecule has 3 aromatic rings. The summed E-state index contributed by atoms with van der Waals surface area (Å²) in [7, 11) is 0. The number of anilines is 1. The third kappa shape index (κ3) is 4.47. The normalized spacial score (nSPS) is 17.0. The molecule has 3 amide bonds. The number of fused-ring (bicyclic) bond motifs is 1. The Morgan fingerprint density at radius 2 is 1.51 bits per heavy atom. The van der Waals surface area contributed by atoms with Gasteiger partial charge >= 0.3 is 0 Å². The Morgan fingerprint density at radius 1 is 0.886 bits per heavy atom. The highest BCUT2D eigenvalue weighted by atomic mass is 16.2. The molecular formula is C27H27N5O3. The van der Waals surface area contributed by atoms with Crippen LogP contribution in [-0.4, -0.2) is 65.2 Å². The Hall–Kier alpha value is -4.20. The molecule has 2 aliphatic rings. The average Bonchev–Trinajstić information content (AvgIpc) is 3.32. The van der Waals surface area contributed by atoms with Crippen LogP contribution >= 0.6 is 0 Å². The molecule has 1 fully saturated rings. The Kier molecular flexibility index (Phi) is 5.94. The van der Waals surface area contributed by atoms with Gasteiger partial charge in [0.15, 0.2) is 0 Å². The van der Waals surface area contributed by atoms with Crippen LogP contribution < -0.4 is 11.1 Å². The van der Waals surface area contributed by atoms with Gasteiger partial charge in [0, 0.05) is 74.0 Å². The van der Waals surface area contributed by atoms with E-state index in [9.17, 15) is 14.4 Å². The monoisotopic (exact) mass is 469 g/mol. The molecule has 1 aromatic heterocycles. The molecule has 0 bridgehead atoms. The maximum atomic E-state index is 12.9. The van der Waals surface area contributed by atoms with Gasteiger partial charge in [-0.15, -0.1) is 0 Å². The number of hydrogen-bond donors (Lipinski definition) is 2. The van der Waals surface area contributed by atoms with Crippen LogP contribution in [0.15, 0.2) is 60.8 Å². The summed E-state index contributed by atoms with van der Waals surface area (Å²) in [4.78, 5) is 44.0. The van der Waals surface area contributed by atoms with E-state index in [-0.39, 0.29) is 17.7 Å². The van der Waals surface area contributed by atoms with E-state index < -0.39 is 5.91 Å². The van der Waals surface area contributed by atoms with Crippen LogP contribution in [-0.2, 0) is 4.79 Å². The van der Waals surface area contributed by atoms with Gasteiger partial charge in [0.05, 0.1) is 0 Å². The first-order chi connectivity index (χ1) is 16.9. The van der Waals surface area contributed by atoms with Gasteiger partial charge in [0.1, 0.15) is 5.82 Å². The van der Waals surface area contributed by atoms with Crippen LogP contribution in [0.4, 0.5) is 5.82 Å². The number of nitrogens with one attached hydrogen (secondary N) is 1. The number of rotatable bonds is 4. The Bertz CT molecular complexity index is 1280. The van der Waals surface area contributed by atoms with Crippen molar-refractivity contribution in [2.75, 3.05) is 38.0 Å². The lowest BCUT2D eigenvalue weighted by Crippen LogP contribution is -2.50. The summed E-state index contributed by atoms with van der Waals surface area (Å²) >= 11 is 0. The molecule has 0 saturated carbocycles. The number of hydrogen-bond acceptors (Lipinski definition) is 5. The molecule has 1 atom stereocenters. The third-order valence-corrected chi connectivity index (χ3v) is 6.84. The van der Waals surface area contributed by atoms with Crippen molar-refractivity contribution < 1.29 is 14.4 Å². The van der Waals surface area contributed by atoms with Crippen molar-refractivity contribution in [3.63, 3.8) is 0 Å². The fourth-order valence-electron chi connectivity index (χ4n) is 4.75. The minimum absolute atomic E-state index is 0.0181. The second kappa shape index (κ2) is 9.21. The van der Waals surface area contributed by atoms with E-state index in [1.165, 1.54) is 0 Å². The number of benzene rings is 2. The Labute approximate surface area is 203 Å². The summed E-state index contributed by atoms with van der Waals surface area (Å²) in [5.41, 5.74) is 10.6. The van der Waals surface area contributed by atoms with Crippen molar-refractivity contribution >= 4 is 23.5 Å². The molecule has 0 aliphatic carbocycles. The topological polar surface area (TPSA) is 109 Å². The SMILES string of the molecule is CC(=O)N1CCN(C(=O)c2ccc(-c3cnc4c(c3)C(c3ccc(C(N)=O)cc3)CN4)cc2)CC1. The van der Waals surface area contributed by atoms with E-state index in [0.717, 1.165) is 34.6 Å². The number of piperazine rings is 1. The predicted molar refractivity (Wildman–Crippen MR) is 133 cm³/mol. The van der Waals surface area contributed by atoms with E-state index in [0.29, 0.717) is 37.3 Å². The van der Waals surface area contributed by atoms with E-state index in [2.05, 4.69) is 16.4 Å². The number of primary amides is 1. The number of nitrogens with zero attached hydrogens (tertiary/aromatic N) is 3. The number of carbonyl (C=O) groups is 3. The fraction of sp³-hybridized carbons (Fsp3) is 0.259. The van der Waals surface area contributed by atoms with E-state index in [4.69, 9.17) is 5.73 Å². The quantitative estimate of drug-likeness (QED) is 0.611. The lowest BCUT2D eigenvalue weighted by atomic mass is 9.92. The maximum absolute atomic E-state index is 12.9. The van der Waals surface area contributed by atoms with E-state index in [1.807, 2.05) is 42.6 Å². The van der Waals surface area contributed by atoms with Crippen molar-refractivity contribution in [3.05, 3.63) is 83.0 Å². The first-order valence-corrected chi connectivity index (χ1v) is 11.7. The summed E-state index contributed by atoms with van der Waals surface area (Å²) in [5.74, 6) is 0.564. The standard InChI is InChI=1S/C27H27N5O3/c1-17(33)31-10-12-32(13-11-31)27(35)21-8-2-18(3-9-21)22-14-23-24(16-30-26(23)29-15-22)19-4-6-20(7-5-19)25(28)34/h2-9,14-15,24H,10-13,16H2,1H3,(H2,28,34)(H,29,30). The molecule has 0 spiro atoms. The largest absolute Gasteiger partial charge is 0.369 e. The lowest BCUT2D eigenvalue weighted by molar-refractivity contribution is -0.130. The van der Waals surface area contributed by atoms with Crippen molar-refractivity contribution in [1.29, 1.82) is 0 Å². The number of aromatic nitrogens is 1. The summed E-state index contributed by atoms with van der Waals surface area (Å²) in [6.07, 6.45) is 1.84. The van der Waals surface area contributed by atoms with Crippen LogP contribution in [0.3, 0.4) is 0 Å². The van der Waals surface area contributed by atoms with Gasteiger partial charge in [-0.2, -0.15) is 0 Å². The van der Waals surface area contributed by atoms with Gasteiger partial charge in [-0.3, -0.25) is 14.4 Å². The van der Waals surface area contributed by atoms with Crippen LogP contribution in [0.25, 0.3) is 11.1 Å². The summed E-state index contributed by atoms with van der Waals surface area (Å²) in [6.45, 7) is 4.52. The second-order valence-electron chi connectivity index (χ2n) is 8.96. The number of nitrogens with two attached hydrogens (primary N) is 1. The predicted octanol–water partition coefficient (Wildman–Crippen LogP) is 2.71. The van der Waals surface area contributed by atoms with Gasteiger partial charge in [-0.1, -0.05) is 24.3 Å². The Morgan fingerprint density at radius 3 is 2.14 bits per heavy atom. The molecule has 2 aromatic carbocycles. The van der Waals surface area contributed by atoms with Gasteiger partial charge in [0.25, 0.3) is 5.91 Å². The maximum Gasteiger partial charge on any atom is 0.253 e.